The Balaban J connectivity index is 3.00. The highest BCUT2D eigenvalue weighted by Gasteiger charge is 2.22. The van der Waals surface area contributed by atoms with Gasteiger partial charge in [0.05, 0.1) is 11.8 Å². The second kappa shape index (κ2) is 6.12. The second-order valence-corrected chi connectivity index (χ2v) is 6.06. The van der Waals surface area contributed by atoms with Gasteiger partial charge in [0.2, 0.25) is 10.0 Å². The van der Waals surface area contributed by atoms with E-state index in [0.717, 1.165) is 6.26 Å². The van der Waals surface area contributed by atoms with Gasteiger partial charge in [0, 0.05) is 17.1 Å². The van der Waals surface area contributed by atoms with Crippen LogP contribution in [0.15, 0.2) is 24.3 Å². The van der Waals surface area contributed by atoms with Gasteiger partial charge in [-0.25, -0.2) is 18.2 Å². The minimum absolute atomic E-state index is 0.0702. The lowest BCUT2D eigenvalue weighted by atomic mass is 10.1. The Morgan fingerprint density at radius 1 is 1.37 bits per heavy atom. The third kappa shape index (κ3) is 3.74. The Hall–Kier alpha value is -1.47. The molecule has 0 saturated heterocycles. The summed E-state index contributed by atoms with van der Waals surface area (Å²) >= 11 is 0. The summed E-state index contributed by atoms with van der Waals surface area (Å²) in [6, 6.07) is 5.57. The van der Waals surface area contributed by atoms with Crippen LogP contribution in [-0.4, -0.2) is 31.5 Å². The fraction of sp³-hybridized carbons (Fsp3) is 0.417. The first-order valence-electron chi connectivity index (χ1n) is 5.71. The molecule has 1 aromatic carbocycles. The topological polar surface area (TPSA) is 63.7 Å². The van der Waals surface area contributed by atoms with Gasteiger partial charge in [0.25, 0.3) is 0 Å². The Bertz CT molecular complexity index is 541. The van der Waals surface area contributed by atoms with Gasteiger partial charge in [-0.1, -0.05) is 19.1 Å². The third-order valence-electron chi connectivity index (χ3n) is 2.87. The molecule has 0 fully saturated rings. The molecule has 0 aliphatic carbocycles. The number of halogens is 1. The Morgan fingerprint density at radius 2 is 1.89 bits per heavy atom. The summed E-state index contributed by atoms with van der Waals surface area (Å²) in [5, 5.41) is 0. The van der Waals surface area contributed by atoms with Crippen molar-refractivity contribution in [1.82, 2.24) is 4.31 Å². The van der Waals surface area contributed by atoms with Gasteiger partial charge in [-0.05, 0) is 24.6 Å². The molecule has 0 spiro atoms. The van der Waals surface area contributed by atoms with Gasteiger partial charge in [-0.15, -0.1) is 0 Å². The van der Waals surface area contributed by atoms with Gasteiger partial charge < -0.3 is 0 Å². The van der Waals surface area contributed by atoms with E-state index in [4.69, 9.17) is 0 Å². The molecule has 0 bridgehead atoms. The van der Waals surface area contributed by atoms with Crippen LogP contribution in [0.4, 0.5) is 4.53 Å². The molecule has 19 heavy (non-hydrogen) atoms. The average Bonchev–Trinajstić information content (AvgIpc) is 2.37. The Kier molecular flexibility index (Phi) is 5.02. The zero-order valence-electron chi connectivity index (χ0n) is 11.0. The SMILES string of the molecule is CCN(C(C)c1ccc(C(=O)OF)cc1)S(C)(=O)=O. The molecule has 1 atom stereocenters. The predicted molar refractivity (Wildman–Crippen MR) is 68.6 cm³/mol. The van der Waals surface area contributed by atoms with Crippen molar-refractivity contribution < 1.29 is 22.7 Å². The molecule has 0 aliphatic rings. The summed E-state index contributed by atoms with van der Waals surface area (Å²) in [4.78, 5) is 14.1. The maximum atomic E-state index is 11.7. The van der Waals surface area contributed by atoms with Gasteiger partial charge in [0.15, 0.2) is 0 Å². The number of hydrogen-bond acceptors (Lipinski definition) is 4. The lowest BCUT2D eigenvalue weighted by molar-refractivity contribution is -0.0788. The van der Waals surface area contributed by atoms with Gasteiger partial charge >= 0.3 is 5.97 Å². The van der Waals surface area contributed by atoms with Crippen molar-refractivity contribution in [3.63, 3.8) is 0 Å². The molecular formula is C12H16FNO4S. The van der Waals surface area contributed by atoms with Crippen LogP contribution in [-0.2, 0) is 15.0 Å². The van der Waals surface area contributed by atoms with Crippen LogP contribution in [0, 0.1) is 0 Å². The first-order valence-corrected chi connectivity index (χ1v) is 7.55. The van der Waals surface area contributed by atoms with Crippen molar-refractivity contribution in [1.29, 1.82) is 0 Å². The minimum Gasteiger partial charge on any atom is -0.249 e. The van der Waals surface area contributed by atoms with E-state index >= 15 is 0 Å². The number of rotatable bonds is 5. The van der Waals surface area contributed by atoms with Crippen LogP contribution in [0.25, 0.3) is 0 Å². The molecule has 106 valence electrons. The van der Waals surface area contributed by atoms with Gasteiger partial charge in [0.1, 0.15) is 0 Å². The average molecular weight is 289 g/mol. The third-order valence-corrected chi connectivity index (χ3v) is 4.29. The van der Waals surface area contributed by atoms with E-state index in [1.165, 1.54) is 16.4 Å². The minimum atomic E-state index is -3.31. The summed E-state index contributed by atoms with van der Waals surface area (Å²) in [7, 11) is -3.31. The number of nitrogens with zero attached hydrogens (tertiary/aromatic N) is 1. The Labute approximate surface area is 111 Å². The smallest absolute Gasteiger partial charge is 0.249 e. The maximum Gasteiger partial charge on any atom is 0.379 e. The highest BCUT2D eigenvalue weighted by atomic mass is 32.2. The van der Waals surface area contributed by atoms with Crippen LogP contribution in [0.2, 0.25) is 0 Å². The normalized spacial score (nSPS) is 13.3. The molecule has 0 radical (unpaired) electrons. The fourth-order valence-corrected chi connectivity index (χ4v) is 3.07. The Morgan fingerprint density at radius 3 is 2.26 bits per heavy atom. The summed E-state index contributed by atoms with van der Waals surface area (Å²) < 4.78 is 36.3. The number of carbonyl (C=O) groups excluding carboxylic acids is 1. The molecule has 0 amide bonds. The first-order chi connectivity index (χ1) is 8.81. The van der Waals surface area contributed by atoms with Crippen LogP contribution < -0.4 is 0 Å². The van der Waals surface area contributed by atoms with Crippen molar-refractivity contribution >= 4 is 16.0 Å². The first kappa shape index (κ1) is 15.6. The quantitative estimate of drug-likeness (QED) is 0.832. The number of hydrogen-bond donors (Lipinski definition) is 0. The van der Waals surface area contributed by atoms with E-state index in [9.17, 15) is 17.7 Å². The monoisotopic (exact) mass is 289 g/mol. The van der Waals surface area contributed by atoms with Crippen LogP contribution in [0.1, 0.15) is 35.8 Å². The molecule has 0 N–H and O–H groups in total. The predicted octanol–water partition coefficient (Wildman–Crippen LogP) is 2.07. The van der Waals surface area contributed by atoms with E-state index in [2.05, 4.69) is 4.94 Å². The van der Waals surface area contributed by atoms with Crippen molar-refractivity contribution in [3.05, 3.63) is 35.4 Å². The van der Waals surface area contributed by atoms with E-state index in [-0.39, 0.29) is 11.6 Å². The fourth-order valence-electron chi connectivity index (χ4n) is 1.90. The highest BCUT2D eigenvalue weighted by molar-refractivity contribution is 7.88. The second-order valence-electron chi connectivity index (χ2n) is 4.13. The van der Waals surface area contributed by atoms with Crippen LogP contribution >= 0.6 is 0 Å². The lowest BCUT2D eigenvalue weighted by Crippen LogP contribution is -2.32. The number of sulfonamides is 1. The molecule has 1 unspecified atom stereocenters. The van der Waals surface area contributed by atoms with Crippen molar-refractivity contribution in [3.8, 4) is 0 Å². The van der Waals surface area contributed by atoms with Gasteiger partial charge in [-0.3, -0.25) is 0 Å². The van der Waals surface area contributed by atoms with Crippen molar-refractivity contribution in [2.45, 2.75) is 19.9 Å². The molecule has 0 saturated carbocycles. The van der Waals surface area contributed by atoms with E-state index in [0.29, 0.717) is 12.1 Å². The molecule has 0 heterocycles. The standard InChI is InChI=1S/C12H16FNO4S/c1-4-14(19(3,16)17)9(2)10-5-7-11(8-6-10)12(15)18-13/h5-9H,4H2,1-3H3. The maximum absolute atomic E-state index is 11.7. The van der Waals surface area contributed by atoms with E-state index in [1.54, 1.807) is 26.0 Å². The lowest BCUT2D eigenvalue weighted by Gasteiger charge is -2.25. The number of benzene rings is 1. The van der Waals surface area contributed by atoms with E-state index in [1.807, 2.05) is 0 Å². The summed E-state index contributed by atoms with van der Waals surface area (Å²) in [5.74, 6) is -1.07. The zero-order chi connectivity index (χ0) is 14.6. The zero-order valence-corrected chi connectivity index (χ0v) is 11.8. The molecule has 0 aliphatic heterocycles. The summed E-state index contributed by atoms with van der Waals surface area (Å²) in [6.45, 7) is 3.83. The summed E-state index contributed by atoms with van der Waals surface area (Å²) in [6.07, 6.45) is 1.14. The van der Waals surface area contributed by atoms with E-state index < -0.39 is 16.0 Å². The highest BCUT2D eigenvalue weighted by Crippen LogP contribution is 2.22. The van der Waals surface area contributed by atoms with Gasteiger partial charge in [-0.2, -0.15) is 4.31 Å². The number of carbonyl (C=O) groups is 1. The molecule has 5 nitrogen and oxygen atoms in total. The molecule has 7 heteroatoms. The summed E-state index contributed by atoms with van der Waals surface area (Å²) in [5.41, 5.74) is 0.781. The van der Waals surface area contributed by atoms with Crippen LogP contribution in [0.3, 0.4) is 0 Å². The molecule has 1 rings (SSSR count). The van der Waals surface area contributed by atoms with Crippen molar-refractivity contribution in [2.75, 3.05) is 12.8 Å². The van der Waals surface area contributed by atoms with Crippen molar-refractivity contribution in [2.24, 2.45) is 0 Å². The van der Waals surface area contributed by atoms with Crippen LogP contribution in [0.5, 0.6) is 0 Å². The largest absolute Gasteiger partial charge is 0.379 e. The molecule has 1 aromatic rings. The molecular weight excluding hydrogens is 273 g/mol. The molecule has 0 aromatic heterocycles.